The summed E-state index contributed by atoms with van der Waals surface area (Å²) in [5, 5.41) is 9.07. The van der Waals surface area contributed by atoms with Gasteiger partial charge in [0.2, 0.25) is 0 Å². The summed E-state index contributed by atoms with van der Waals surface area (Å²) in [6, 6.07) is 13.8. The smallest absolute Gasteiger partial charge is 0.323 e. The van der Waals surface area contributed by atoms with Gasteiger partial charge in [-0.1, -0.05) is 49.1 Å². The Hall–Kier alpha value is -3.67. The van der Waals surface area contributed by atoms with Crippen LogP contribution in [0.5, 0.6) is 5.75 Å². The van der Waals surface area contributed by atoms with Crippen LogP contribution in [0, 0.1) is 0 Å². The maximum absolute atomic E-state index is 12.9. The van der Waals surface area contributed by atoms with Crippen molar-refractivity contribution in [2.75, 3.05) is 13.2 Å². The second-order valence-electron chi connectivity index (χ2n) is 5.83. The number of fused-ring (bicyclic) bond motifs is 1. The van der Waals surface area contributed by atoms with Crippen molar-refractivity contribution in [3.05, 3.63) is 77.9 Å². The van der Waals surface area contributed by atoms with E-state index in [2.05, 4.69) is 6.58 Å². The van der Waals surface area contributed by atoms with E-state index in [9.17, 15) is 14.4 Å². The van der Waals surface area contributed by atoms with Gasteiger partial charge in [0.1, 0.15) is 18.9 Å². The number of ether oxygens (including phenoxy) is 1. The predicted molar refractivity (Wildman–Crippen MR) is 100 cm³/mol. The van der Waals surface area contributed by atoms with Gasteiger partial charge in [-0.3, -0.25) is 19.3 Å². The fourth-order valence-electron chi connectivity index (χ4n) is 2.86. The zero-order valence-electron chi connectivity index (χ0n) is 14.4. The first kappa shape index (κ1) is 18.1. The van der Waals surface area contributed by atoms with Gasteiger partial charge >= 0.3 is 5.97 Å². The lowest BCUT2D eigenvalue weighted by Gasteiger charge is -2.27. The maximum atomic E-state index is 12.9. The van der Waals surface area contributed by atoms with Gasteiger partial charge in [-0.2, -0.15) is 0 Å². The number of rotatable bonds is 6. The number of nitrogens with zero attached hydrogens (tertiary/aromatic N) is 1. The van der Waals surface area contributed by atoms with E-state index in [1.165, 1.54) is 0 Å². The molecular weight excluding hydrogens is 346 g/mol. The van der Waals surface area contributed by atoms with Crippen molar-refractivity contribution in [1.29, 1.82) is 0 Å². The van der Waals surface area contributed by atoms with E-state index in [1.54, 1.807) is 60.7 Å². The van der Waals surface area contributed by atoms with Gasteiger partial charge in [-0.15, -0.1) is 0 Å². The highest BCUT2D eigenvalue weighted by Gasteiger charge is 2.35. The molecule has 0 atom stereocenters. The Morgan fingerprint density at radius 1 is 1.04 bits per heavy atom. The van der Waals surface area contributed by atoms with Gasteiger partial charge in [-0.25, -0.2) is 0 Å². The molecule has 6 nitrogen and oxygen atoms in total. The summed E-state index contributed by atoms with van der Waals surface area (Å²) in [6.07, 6.45) is 3.22. The number of para-hydroxylation sites is 1. The highest BCUT2D eigenvalue weighted by Crippen LogP contribution is 2.32. The summed E-state index contributed by atoms with van der Waals surface area (Å²) in [5.41, 5.74) is 1.63. The van der Waals surface area contributed by atoms with Crippen molar-refractivity contribution in [2.24, 2.45) is 0 Å². The van der Waals surface area contributed by atoms with Crippen LogP contribution < -0.4 is 4.74 Å². The largest absolute Gasteiger partial charge is 0.489 e. The zero-order chi connectivity index (χ0) is 19.4. The van der Waals surface area contributed by atoms with Crippen LogP contribution in [0.1, 0.15) is 21.5 Å². The van der Waals surface area contributed by atoms with E-state index < -0.39 is 24.3 Å². The van der Waals surface area contributed by atoms with Gasteiger partial charge in [-0.05, 0) is 23.8 Å². The lowest BCUT2D eigenvalue weighted by Crippen LogP contribution is -2.44. The van der Waals surface area contributed by atoms with Crippen molar-refractivity contribution in [2.45, 2.75) is 0 Å². The van der Waals surface area contributed by atoms with Crippen LogP contribution in [0.25, 0.3) is 11.6 Å². The van der Waals surface area contributed by atoms with Gasteiger partial charge in [0.15, 0.2) is 0 Å². The standard InChI is InChI=1S/C21H17NO5/c1-2-11-27-18-10-6-3-7-14(18)12-17-15-8-4-5-9-16(15)20(25)22(21(17)26)13-19(23)24/h2-10,12H,1,11,13H2,(H,23,24)/b17-12-. The fraction of sp³-hybridized carbons (Fsp3) is 0.0952. The topological polar surface area (TPSA) is 83.9 Å². The van der Waals surface area contributed by atoms with Crippen molar-refractivity contribution >= 4 is 29.4 Å². The molecule has 0 aliphatic carbocycles. The normalized spacial score (nSPS) is 14.8. The molecule has 3 rings (SSSR count). The molecule has 0 saturated heterocycles. The molecule has 1 N–H and O–H groups in total. The molecule has 0 spiro atoms. The molecular formula is C21H17NO5. The molecule has 27 heavy (non-hydrogen) atoms. The molecule has 0 saturated carbocycles. The van der Waals surface area contributed by atoms with E-state index in [1.807, 2.05) is 0 Å². The number of carbonyl (C=O) groups excluding carboxylic acids is 2. The molecule has 2 aromatic rings. The predicted octanol–water partition coefficient (Wildman–Crippen LogP) is 2.86. The number of carboxylic acids is 1. The van der Waals surface area contributed by atoms with Crippen molar-refractivity contribution < 1.29 is 24.2 Å². The van der Waals surface area contributed by atoms with Crippen LogP contribution in [0.15, 0.2) is 61.2 Å². The summed E-state index contributed by atoms with van der Waals surface area (Å²) >= 11 is 0. The molecule has 0 radical (unpaired) electrons. The van der Waals surface area contributed by atoms with Crippen LogP contribution in [0.2, 0.25) is 0 Å². The third kappa shape index (κ3) is 3.64. The Bertz CT molecular complexity index is 961. The van der Waals surface area contributed by atoms with E-state index in [-0.39, 0.29) is 11.1 Å². The molecule has 1 aliphatic rings. The monoisotopic (exact) mass is 363 g/mol. The number of aliphatic carboxylic acids is 1. The number of hydrogen-bond donors (Lipinski definition) is 1. The number of carbonyl (C=O) groups is 3. The van der Waals surface area contributed by atoms with Gasteiger partial charge in [0.05, 0.1) is 0 Å². The fourth-order valence-corrected chi connectivity index (χ4v) is 2.86. The Morgan fingerprint density at radius 3 is 2.41 bits per heavy atom. The third-order valence-electron chi connectivity index (χ3n) is 4.04. The number of hydrogen-bond acceptors (Lipinski definition) is 4. The summed E-state index contributed by atoms with van der Waals surface area (Å²) in [4.78, 5) is 37.3. The molecule has 0 bridgehead atoms. The molecule has 6 heteroatoms. The van der Waals surface area contributed by atoms with E-state index in [0.29, 0.717) is 23.5 Å². The second-order valence-corrected chi connectivity index (χ2v) is 5.83. The minimum absolute atomic E-state index is 0.237. The zero-order valence-corrected chi connectivity index (χ0v) is 14.4. The molecule has 2 aromatic carbocycles. The highest BCUT2D eigenvalue weighted by molar-refractivity contribution is 6.34. The third-order valence-corrected chi connectivity index (χ3v) is 4.04. The number of benzene rings is 2. The highest BCUT2D eigenvalue weighted by atomic mass is 16.5. The van der Waals surface area contributed by atoms with Crippen LogP contribution >= 0.6 is 0 Å². The van der Waals surface area contributed by atoms with Crippen LogP contribution in [-0.2, 0) is 9.59 Å². The first-order valence-electron chi connectivity index (χ1n) is 8.24. The molecule has 1 aliphatic heterocycles. The van der Waals surface area contributed by atoms with Crippen LogP contribution in [0.3, 0.4) is 0 Å². The minimum atomic E-state index is -1.26. The van der Waals surface area contributed by atoms with Gasteiger partial charge in [0.25, 0.3) is 11.8 Å². The average molecular weight is 363 g/mol. The Morgan fingerprint density at radius 2 is 1.70 bits per heavy atom. The second kappa shape index (κ2) is 7.70. The van der Waals surface area contributed by atoms with E-state index >= 15 is 0 Å². The lowest BCUT2D eigenvalue weighted by molar-refractivity contribution is -0.141. The molecule has 0 unspecified atom stereocenters. The maximum Gasteiger partial charge on any atom is 0.323 e. The number of amides is 2. The molecule has 136 valence electrons. The van der Waals surface area contributed by atoms with Crippen molar-refractivity contribution in [3.8, 4) is 5.75 Å². The lowest BCUT2D eigenvalue weighted by atomic mass is 9.92. The molecule has 0 fully saturated rings. The summed E-state index contributed by atoms with van der Waals surface area (Å²) in [5.74, 6) is -1.98. The van der Waals surface area contributed by atoms with E-state index in [4.69, 9.17) is 9.84 Å². The molecule has 1 heterocycles. The van der Waals surface area contributed by atoms with Crippen LogP contribution in [-0.4, -0.2) is 40.9 Å². The summed E-state index contributed by atoms with van der Waals surface area (Å²) < 4.78 is 5.61. The van der Waals surface area contributed by atoms with Crippen molar-refractivity contribution in [1.82, 2.24) is 4.90 Å². The molecule has 2 amide bonds. The van der Waals surface area contributed by atoms with Gasteiger partial charge in [0, 0.05) is 16.7 Å². The van der Waals surface area contributed by atoms with Crippen molar-refractivity contribution in [3.63, 3.8) is 0 Å². The summed E-state index contributed by atoms with van der Waals surface area (Å²) in [6.45, 7) is 3.22. The Balaban J connectivity index is 2.13. The molecule has 0 aromatic heterocycles. The van der Waals surface area contributed by atoms with Gasteiger partial charge < -0.3 is 9.84 Å². The Kier molecular flexibility index (Phi) is 5.17. The Labute approximate surface area is 156 Å². The van der Waals surface area contributed by atoms with E-state index in [0.717, 1.165) is 4.90 Å². The summed E-state index contributed by atoms with van der Waals surface area (Å²) in [7, 11) is 0. The first-order valence-corrected chi connectivity index (χ1v) is 8.24. The first-order chi connectivity index (χ1) is 13.0. The number of carboxylic acid groups (broad SMARTS) is 1. The minimum Gasteiger partial charge on any atom is -0.489 e. The SMILES string of the molecule is C=CCOc1ccccc1/C=C1\C(=O)N(CC(=O)O)C(=O)c2ccccc21. The quantitative estimate of drug-likeness (QED) is 0.485. The van der Waals surface area contributed by atoms with Crippen LogP contribution in [0.4, 0.5) is 0 Å². The average Bonchev–Trinajstić information content (AvgIpc) is 2.67. The number of imide groups is 1.